The van der Waals surface area contributed by atoms with Crippen LogP contribution in [0.15, 0.2) is 51.9 Å². The molecule has 0 aliphatic carbocycles. The van der Waals surface area contributed by atoms with E-state index in [9.17, 15) is 18.5 Å². The molecule has 8 nitrogen and oxygen atoms in total. The molecule has 0 unspecified atom stereocenters. The number of nitrogens with one attached hydrogen (secondary N) is 1. The van der Waals surface area contributed by atoms with Crippen LogP contribution in [0.25, 0.3) is 12.2 Å². The molecular weight excluding hydrogens is 394 g/mol. The fourth-order valence-electron chi connectivity index (χ4n) is 2.81. The van der Waals surface area contributed by atoms with Gasteiger partial charge in [-0.25, -0.2) is 8.42 Å². The van der Waals surface area contributed by atoms with Gasteiger partial charge >= 0.3 is 5.69 Å². The number of aromatic nitrogens is 1. The minimum Gasteiger partial charge on any atom is -0.349 e. The molecule has 0 aliphatic heterocycles. The van der Waals surface area contributed by atoms with Crippen LogP contribution in [0.1, 0.15) is 28.1 Å². The van der Waals surface area contributed by atoms with Gasteiger partial charge in [0.05, 0.1) is 9.82 Å². The molecule has 3 rings (SSSR count). The third kappa shape index (κ3) is 4.52. The van der Waals surface area contributed by atoms with E-state index in [0.717, 1.165) is 5.56 Å². The first-order valence-corrected chi connectivity index (χ1v) is 10.1. The topological polar surface area (TPSA) is 115 Å². The lowest BCUT2D eigenvalue weighted by atomic mass is 10.1. The van der Waals surface area contributed by atoms with Crippen LogP contribution in [-0.2, 0) is 10.0 Å². The van der Waals surface area contributed by atoms with E-state index in [0.29, 0.717) is 16.8 Å². The zero-order valence-electron chi connectivity index (χ0n) is 16.0. The van der Waals surface area contributed by atoms with Crippen LogP contribution in [0, 0.1) is 30.9 Å². The van der Waals surface area contributed by atoms with Gasteiger partial charge in [-0.15, -0.1) is 0 Å². The number of hydrogen-bond acceptors (Lipinski definition) is 6. The lowest BCUT2D eigenvalue weighted by Gasteiger charge is -2.11. The smallest absolute Gasteiger partial charge is 0.338 e. The molecule has 0 bridgehead atoms. The van der Waals surface area contributed by atoms with E-state index in [1.54, 1.807) is 37.3 Å². The largest absolute Gasteiger partial charge is 0.349 e. The Balaban J connectivity index is 1.93. The summed E-state index contributed by atoms with van der Waals surface area (Å²) in [7, 11) is -3.81. The second-order valence-electron chi connectivity index (χ2n) is 6.57. The maximum atomic E-state index is 12.9. The number of hydrogen-bond donors (Lipinski definition) is 1. The monoisotopic (exact) mass is 413 g/mol. The fraction of sp³-hybridized carbons (Fsp3) is 0.150. The molecule has 0 atom stereocenters. The highest BCUT2D eigenvalue weighted by atomic mass is 32.2. The average molecular weight is 413 g/mol. The average Bonchev–Trinajstić information content (AvgIpc) is 3.01. The zero-order chi connectivity index (χ0) is 21.2. The van der Waals surface area contributed by atoms with Gasteiger partial charge in [0.25, 0.3) is 10.0 Å². The van der Waals surface area contributed by atoms with Crippen molar-refractivity contribution in [3.05, 3.63) is 80.7 Å². The maximum Gasteiger partial charge on any atom is 0.338 e. The Morgan fingerprint density at radius 2 is 1.86 bits per heavy atom. The van der Waals surface area contributed by atoms with Gasteiger partial charge in [-0.05, 0) is 61.7 Å². The first-order chi connectivity index (χ1) is 13.7. The van der Waals surface area contributed by atoms with E-state index >= 15 is 0 Å². The molecule has 1 aromatic heterocycles. The van der Waals surface area contributed by atoms with Gasteiger partial charge in [0.2, 0.25) is 5.76 Å². The minimum absolute atomic E-state index is 0.00429. The molecule has 2 aromatic carbocycles. The Kier molecular flexibility index (Phi) is 5.51. The number of anilines is 1. The molecule has 9 heteroatoms. The predicted molar refractivity (Wildman–Crippen MR) is 110 cm³/mol. The number of aryl methyl sites for hydroxylation is 3. The first kappa shape index (κ1) is 20.3. The van der Waals surface area contributed by atoms with Gasteiger partial charge in [0.15, 0.2) is 5.69 Å². The second-order valence-corrected chi connectivity index (χ2v) is 8.22. The van der Waals surface area contributed by atoms with E-state index in [-0.39, 0.29) is 22.0 Å². The van der Waals surface area contributed by atoms with Crippen LogP contribution in [0.2, 0.25) is 0 Å². The molecule has 0 amide bonds. The van der Waals surface area contributed by atoms with Crippen molar-refractivity contribution in [2.24, 2.45) is 0 Å². The highest BCUT2D eigenvalue weighted by Crippen LogP contribution is 2.26. The Labute approximate surface area is 168 Å². The summed E-state index contributed by atoms with van der Waals surface area (Å²) < 4.78 is 33.3. The molecule has 1 heterocycles. The molecule has 3 aromatic rings. The van der Waals surface area contributed by atoms with Crippen molar-refractivity contribution in [2.45, 2.75) is 25.7 Å². The SMILES string of the molecule is Cc1cccc(NS(=O)(=O)c2cc(C=Cc3onc(C)c3[N+](=O)[O-])ccc2C)c1. The Morgan fingerprint density at radius 1 is 1.10 bits per heavy atom. The minimum atomic E-state index is -3.81. The van der Waals surface area contributed by atoms with Gasteiger partial charge in [-0.1, -0.05) is 35.5 Å². The lowest BCUT2D eigenvalue weighted by Crippen LogP contribution is -2.14. The van der Waals surface area contributed by atoms with Crippen LogP contribution in [0.5, 0.6) is 0 Å². The van der Waals surface area contributed by atoms with Crippen molar-refractivity contribution in [1.82, 2.24) is 5.16 Å². The van der Waals surface area contributed by atoms with E-state index in [4.69, 9.17) is 4.52 Å². The summed E-state index contributed by atoms with van der Waals surface area (Å²) in [6.45, 7) is 5.05. The summed E-state index contributed by atoms with van der Waals surface area (Å²) in [4.78, 5) is 10.7. The van der Waals surface area contributed by atoms with E-state index in [1.165, 1.54) is 25.1 Å². The van der Waals surface area contributed by atoms with Crippen molar-refractivity contribution < 1.29 is 17.9 Å². The summed E-state index contributed by atoms with van der Waals surface area (Å²) in [6, 6.07) is 11.9. The summed E-state index contributed by atoms with van der Waals surface area (Å²) in [6.07, 6.45) is 2.94. The molecule has 0 radical (unpaired) electrons. The molecule has 0 saturated heterocycles. The number of benzene rings is 2. The van der Waals surface area contributed by atoms with Gasteiger partial charge in [-0.2, -0.15) is 0 Å². The Bertz CT molecular complexity index is 1210. The quantitative estimate of drug-likeness (QED) is 0.470. The normalized spacial score (nSPS) is 11.7. The van der Waals surface area contributed by atoms with E-state index in [2.05, 4.69) is 9.88 Å². The highest BCUT2D eigenvalue weighted by molar-refractivity contribution is 7.92. The van der Waals surface area contributed by atoms with E-state index in [1.807, 2.05) is 13.0 Å². The summed E-state index contributed by atoms with van der Waals surface area (Å²) in [5, 5.41) is 14.7. The summed E-state index contributed by atoms with van der Waals surface area (Å²) in [5.41, 5.74) is 2.47. The van der Waals surface area contributed by atoms with Crippen molar-refractivity contribution >= 4 is 33.6 Å². The third-order valence-corrected chi connectivity index (χ3v) is 5.76. The van der Waals surface area contributed by atoms with Crippen LogP contribution >= 0.6 is 0 Å². The van der Waals surface area contributed by atoms with Crippen molar-refractivity contribution in [2.75, 3.05) is 4.72 Å². The van der Waals surface area contributed by atoms with Crippen LogP contribution < -0.4 is 4.72 Å². The first-order valence-electron chi connectivity index (χ1n) is 8.66. The molecule has 0 spiro atoms. The Hall–Kier alpha value is -3.46. The van der Waals surface area contributed by atoms with Gasteiger partial charge in [-0.3, -0.25) is 14.8 Å². The summed E-state index contributed by atoms with van der Waals surface area (Å²) >= 11 is 0. The molecule has 0 aliphatic rings. The fourth-order valence-corrected chi connectivity index (χ4v) is 4.14. The zero-order valence-corrected chi connectivity index (χ0v) is 16.9. The number of nitrogens with zero attached hydrogens (tertiary/aromatic N) is 2. The molecule has 0 saturated carbocycles. The Morgan fingerprint density at radius 3 is 2.55 bits per heavy atom. The van der Waals surface area contributed by atoms with Crippen LogP contribution in [-0.4, -0.2) is 18.5 Å². The molecule has 29 heavy (non-hydrogen) atoms. The third-order valence-electron chi connectivity index (χ3n) is 4.24. The van der Waals surface area contributed by atoms with Crippen molar-refractivity contribution in [1.29, 1.82) is 0 Å². The van der Waals surface area contributed by atoms with Crippen molar-refractivity contribution in [3.63, 3.8) is 0 Å². The molecular formula is C20H19N3O5S. The maximum absolute atomic E-state index is 12.9. The van der Waals surface area contributed by atoms with Crippen LogP contribution in [0.4, 0.5) is 11.4 Å². The molecule has 0 fully saturated rings. The number of sulfonamides is 1. The number of rotatable bonds is 6. The van der Waals surface area contributed by atoms with Gasteiger partial charge in [0, 0.05) is 5.69 Å². The number of nitro groups is 1. The highest BCUT2D eigenvalue weighted by Gasteiger charge is 2.22. The lowest BCUT2D eigenvalue weighted by molar-refractivity contribution is -0.386. The van der Waals surface area contributed by atoms with Crippen molar-refractivity contribution in [3.8, 4) is 0 Å². The molecule has 150 valence electrons. The van der Waals surface area contributed by atoms with E-state index < -0.39 is 14.9 Å². The summed E-state index contributed by atoms with van der Waals surface area (Å²) in [5.74, 6) is -0.00429. The molecule has 1 N–H and O–H groups in total. The van der Waals surface area contributed by atoms with Crippen LogP contribution in [0.3, 0.4) is 0 Å². The van der Waals surface area contributed by atoms with Gasteiger partial charge < -0.3 is 4.52 Å². The standard InChI is InChI=1S/C20H19N3O5S/c1-13-5-4-6-17(11-13)22-29(26,27)19-12-16(8-7-14(19)2)9-10-18-20(23(24)25)15(3)21-28-18/h4-12,22H,1-3H3. The second kappa shape index (κ2) is 7.88. The predicted octanol–water partition coefficient (Wildman–Crippen LogP) is 4.48. The van der Waals surface area contributed by atoms with Gasteiger partial charge in [0.1, 0.15) is 0 Å².